The molecule has 228 valence electrons. The number of allylic oxidation sites excluding steroid dienone is 4. The molecule has 44 heavy (non-hydrogen) atoms. The molecule has 0 spiro atoms. The Balaban J connectivity index is 1.44. The quantitative estimate of drug-likeness (QED) is 0.205. The number of fused-ring (bicyclic) bond motifs is 1. The maximum absolute atomic E-state index is 13.7. The number of furan rings is 1. The van der Waals surface area contributed by atoms with Gasteiger partial charge in [0.05, 0.1) is 10.9 Å². The van der Waals surface area contributed by atoms with Gasteiger partial charge in [-0.1, -0.05) is 23.4 Å². The van der Waals surface area contributed by atoms with Crippen LogP contribution < -0.4 is 16.0 Å². The summed E-state index contributed by atoms with van der Waals surface area (Å²) in [6.07, 6.45) is 1.85. The van der Waals surface area contributed by atoms with Crippen LogP contribution in [0.5, 0.6) is 0 Å². The highest BCUT2D eigenvalue weighted by molar-refractivity contribution is 6.10. The Morgan fingerprint density at radius 3 is 2.55 bits per heavy atom. The summed E-state index contributed by atoms with van der Waals surface area (Å²) in [5.74, 6) is -0.924. The van der Waals surface area contributed by atoms with Gasteiger partial charge in [-0.15, -0.1) is 0 Å². The zero-order valence-corrected chi connectivity index (χ0v) is 23.3. The molecule has 3 aromatic heterocycles. The van der Waals surface area contributed by atoms with Crippen LogP contribution in [0.2, 0.25) is 0 Å². The van der Waals surface area contributed by atoms with Crippen LogP contribution in [0.1, 0.15) is 64.4 Å². The maximum atomic E-state index is 13.7. The second-order valence-electron chi connectivity index (χ2n) is 10.6. The molecular formula is C30H26F4N6O4. The number of halogens is 4. The van der Waals surface area contributed by atoms with E-state index in [0.29, 0.717) is 29.8 Å². The summed E-state index contributed by atoms with van der Waals surface area (Å²) in [6, 6.07) is 7.82. The average Bonchev–Trinajstić information content (AvgIpc) is 3.65. The van der Waals surface area contributed by atoms with E-state index in [4.69, 9.17) is 8.94 Å². The Labute approximate surface area is 247 Å². The van der Waals surface area contributed by atoms with Crippen molar-refractivity contribution in [3.05, 3.63) is 77.4 Å². The fourth-order valence-electron chi connectivity index (χ4n) is 5.37. The lowest BCUT2D eigenvalue weighted by Gasteiger charge is -2.39. The van der Waals surface area contributed by atoms with Crippen LogP contribution in [-0.2, 0) is 5.54 Å². The van der Waals surface area contributed by atoms with E-state index < -0.39 is 30.1 Å². The van der Waals surface area contributed by atoms with Crippen LogP contribution in [0.15, 0.2) is 63.6 Å². The number of aromatic nitrogens is 3. The molecule has 10 nitrogen and oxygen atoms in total. The van der Waals surface area contributed by atoms with E-state index >= 15 is 0 Å². The van der Waals surface area contributed by atoms with Gasteiger partial charge >= 0.3 is 6.18 Å². The van der Waals surface area contributed by atoms with E-state index in [1.807, 2.05) is 0 Å². The smallest absolute Gasteiger partial charge is 0.405 e. The zero-order chi connectivity index (χ0) is 31.1. The van der Waals surface area contributed by atoms with Gasteiger partial charge in [0.25, 0.3) is 11.8 Å². The Bertz CT molecular complexity index is 1810. The topological polar surface area (TPSA) is 135 Å². The van der Waals surface area contributed by atoms with Gasteiger partial charge in [0.1, 0.15) is 29.5 Å². The molecule has 0 saturated heterocycles. The van der Waals surface area contributed by atoms with Crippen molar-refractivity contribution >= 4 is 34.3 Å². The first-order chi connectivity index (χ1) is 21.1. The predicted octanol–water partition coefficient (Wildman–Crippen LogP) is 6.05. The monoisotopic (exact) mass is 610 g/mol. The lowest BCUT2D eigenvalue weighted by Crippen LogP contribution is -2.51. The molecule has 1 aromatic carbocycles. The summed E-state index contributed by atoms with van der Waals surface area (Å²) in [5, 5.41) is 12.0. The number of amides is 2. The molecule has 0 bridgehead atoms. The van der Waals surface area contributed by atoms with E-state index in [-0.39, 0.29) is 58.0 Å². The number of hydrogen-bond acceptors (Lipinski definition) is 8. The first-order valence-electron chi connectivity index (χ1n) is 13.8. The van der Waals surface area contributed by atoms with E-state index in [0.717, 1.165) is 6.42 Å². The summed E-state index contributed by atoms with van der Waals surface area (Å²) >= 11 is 0. The first kappa shape index (κ1) is 29.1. The van der Waals surface area contributed by atoms with Gasteiger partial charge in [-0.25, -0.2) is 4.39 Å². The Morgan fingerprint density at radius 2 is 1.91 bits per heavy atom. The second kappa shape index (κ2) is 11.2. The van der Waals surface area contributed by atoms with Crippen molar-refractivity contribution in [2.24, 2.45) is 0 Å². The third-order valence-corrected chi connectivity index (χ3v) is 7.77. The molecule has 3 N–H and O–H groups in total. The van der Waals surface area contributed by atoms with Crippen molar-refractivity contribution in [1.82, 2.24) is 25.8 Å². The normalized spacial score (nSPS) is 16.1. The third kappa shape index (κ3) is 5.54. The van der Waals surface area contributed by atoms with Gasteiger partial charge < -0.3 is 24.9 Å². The molecule has 0 radical (unpaired) electrons. The standard InChI is InChI=1S/C30H26F4N6O4/c1-35-26(42)22-21-13-20(17-4-2-5-18(12-17)25(41)39-29(10-3-11-29)28-37-15-43-40-28)24(36-14-30(32,33)34)38-27(21)44-23(22)16-6-8-19(31)9-7-16/h2,4-6,8,12-13,15H,3,7,9-11,14H2,1H3,(H,35,42)(H,36,38)(H,39,41). The number of benzene rings is 1. The van der Waals surface area contributed by atoms with Gasteiger partial charge in [0, 0.05) is 24.6 Å². The molecule has 1 saturated carbocycles. The molecular weight excluding hydrogens is 584 g/mol. The Morgan fingerprint density at radius 1 is 1.09 bits per heavy atom. The lowest BCUT2D eigenvalue weighted by molar-refractivity contribution is -0.115. The first-order valence-corrected chi connectivity index (χ1v) is 13.8. The Kier molecular flexibility index (Phi) is 7.43. The van der Waals surface area contributed by atoms with E-state index in [2.05, 4.69) is 31.1 Å². The highest BCUT2D eigenvalue weighted by Gasteiger charge is 2.44. The minimum Gasteiger partial charge on any atom is -0.437 e. The van der Waals surface area contributed by atoms with Crippen LogP contribution in [0.25, 0.3) is 27.8 Å². The fourth-order valence-corrected chi connectivity index (χ4v) is 5.37. The maximum Gasteiger partial charge on any atom is 0.405 e. The van der Waals surface area contributed by atoms with Crippen LogP contribution in [0, 0.1) is 0 Å². The molecule has 1 fully saturated rings. The number of alkyl halides is 3. The van der Waals surface area contributed by atoms with Crippen LogP contribution in [0.3, 0.4) is 0 Å². The summed E-state index contributed by atoms with van der Waals surface area (Å²) in [6.45, 7) is -1.39. The summed E-state index contributed by atoms with van der Waals surface area (Å²) < 4.78 is 64.4. The molecule has 0 aliphatic heterocycles. The molecule has 14 heteroatoms. The SMILES string of the molecule is CNC(=O)c1c(C2=CC=C(F)CC2)oc2nc(NCC(F)(F)F)c(-c3cccc(C(=O)NC4(c5ncon5)CCC4)c3)cc12. The number of carbonyl (C=O) groups excluding carboxylic acids is 2. The van der Waals surface area contributed by atoms with Crippen LogP contribution in [-0.4, -0.2) is 46.7 Å². The number of hydrogen-bond donors (Lipinski definition) is 3. The molecule has 0 unspecified atom stereocenters. The molecule has 2 aliphatic rings. The van der Waals surface area contributed by atoms with E-state index in [1.54, 1.807) is 18.2 Å². The lowest BCUT2D eigenvalue weighted by atomic mass is 9.76. The van der Waals surface area contributed by atoms with Gasteiger partial charge in [-0.05, 0) is 61.1 Å². The summed E-state index contributed by atoms with van der Waals surface area (Å²) in [5.41, 5.74) is 0.603. The minimum absolute atomic E-state index is 0.0797. The minimum atomic E-state index is -4.56. The number of nitrogens with zero attached hydrogens (tertiary/aromatic N) is 3. The van der Waals surface area contributed by atoms with Gasteiger partial charge in [-0.3, -0.25) is 9.59 Å². The molecule has 4 aromatic rings. The van der Waals surface area contributed by atoms with E-state index in [1.165, 1.54) is 37.7 Å². The Hall–Kier alpha value is -5.01. The number of nitrogens with one attached hydrogen (secondary N) is 3. The van der Waals surface area contributed by atoms with Crippen molar-refractivity contribution in [1.29, 1.82) is 0 Å². The highest BCUT2D eigenvalue weighted by Crippen LogP contribution is 2.41. The third-order valence-electron chi connectivity index (χ3n) is 7.77. The number of pyridine rings is 1. The van der Waals surface area contributed by atoms with Crippen LogP contribution >= 0.6 is 0 Å². The second-order valence-corrected chi connectivity index (χ2v) is 10.6. The van der Waals surface area contributed by atoms with Gasteiger partial charge in [-0.2, -0.15) is 23.1 Å². The average molecular weight is 611 g/mol. The van der Waals surface area contributed by atoms with Crippen molar-refractivity contribution in [2.45, 2.75) is 43.8 Å². The van der Waals surface area contributed by atoms with Gasteiger partial charge in [0.2, 0.25) is 12.1 Å². The number of carbonyl (C=O) groups is 2. The number of rotatable bonds is 8. The van der Waals surface area contributed by atoms with E-state index in [9.17, 15) is 27.2 Å². The summed E-state index contributed by atoms with van der Waals surface area (Å²) in [4.78, 5) is 34.9. The molecule has 0 atom stereocenters. The van der Waals surface area contributed by atoms with Crippen molar-refractivity contribution < 1.29 is 36.1 Å². The van der Waals surface area contributed by atoms with Crippen molar-refractivity contribution in [3.63, 3.8) is 0 Å². The predicted molar refractivity (Wildman–Crippen MR) is 151 cm³/mol. The largest absolute Gasteiger partial charge is 0.437 e. The number of anilines is 1. The summed E-state index contributed by atoms with van der Waals surface area (Å²) in [7, 11) is 1.43. The van der Waals surface area contributed by atoms with Crippen LogP contribution in [0.4, 0.5) is 23.4 Å². The molecule has 6 rings (SSSR count). The zero-order valence-electron chi connectivity index (χ0n) is 23.3. The van der Waals surface area contributed by atoms with Gasteiger partial charge in [0.15, 0.2) is 5.82 Å². The molecule has 2 amide bonds. The van der Waals surface area contributed by atoms with Crippen molar-refractivity contribution in [3.8, 4) is 11.1 Å². The fraction of sp³-hybridized carbons (Fsp3) is 0.300. The highest BCUT2D eigenvalue weighted by atomic mass is 19.4. The molecule has 2 aliphatic carbocycles. The molecule has 3 heterocycles. The van der Waals surface area contributed by atoms with Crippen molar-refractivity contribution in [2.75, 3.05) is 18.9 Å².